The number of benzene rings is 3. The Morgan fingerprint density at radius 2 is 1.93 bits per heavy atom. The summed E-state index contributed by atoms with van der Waals surface area (Å²) in [6, 6.07) is 17.4. The van der Waals surface area contributed by atoms with Crippen molar-refractivity contribution in [3.8, 4) is 0 Å². The summed E-state index contributed by atoms with van der Waals surface area (Å²) >= 11 is 0. The molecule has 3 atom stereocenters. The Balaban J connectivity index is 1.80. The Labute approximate surface area is 173 Å². The van der Waals surface area contributed by atoms with E-state index in [0.717, 1.165) is 21.7 Å². The van der Waals surface area contributed by atoms with Gasteiger partial charge < -0.3 is 19.9 Å². The van der Waals surface area contributed by atoms with Gasteiger partial charge in [-0.3, -0.25) is 4.79 Å². The van der Waals surface area contributed by atoms with Gasteiger partial charge in [-0.05, 0) is 58.8 Å². The molecule has 1 heterocycles. The lowest BCUT2D eigenvalue weighted by atomic mass is 9.75. The molecule has 4 aromatic rings. The molecule has 0 saturated heterocycles. The highest BCUT2D eigenvalue weighted by Crippen LogP contribution is 2.44. The molecule has 3 aromatic carbocycles. The molecule has 1 aliphatic carbocycles. The zero-order valence-corrected chi connectivity index (χ0v) is 16.6. The number of rotatable bonds is 3. The largest absolute Gasteiger partial charge is 0.469 e. The lowest BCUT2D eigenvalue weighted by molar-refractivity contribution is -0.0100. The van der Waals surface area contributed by atoms with Crippen LogP contribution in [0.25, 0.3) is 21.5 Å². The third-order valence-electron chi connectivity index (χ3n) is 6.12. The molecule has 0 radical (unpaired) electrons. The fourth-order valence-corrected chi connectivity index (χ4v) is 4.74. The predicted molar refractivity (Wildman–Crippen MR) is 116 cm³/mol. The van der Waals surface area contributed by atoms with Crippen molar-refractivity contribution < 1.29 is 19.4 Å². The van der Waals surface area contributed by atoms with E-state index in [0.29, 0.717) is 35.2 Å². The van der Waals surface area contributed by atoms with Crippen LogP contribution in [0.15, 0.2) is 65.3 Å². The first-order chi connectivity index (χ1) is 14.6. The Hall–Kier alpha value is -3.15. The second-order valence-corrected chi connectivity index (χ2v) is 7.83. The summed E-state index contributed by atoms with van der Waals surface area (Å²) in [6.07, 6.45) is -0.0489. The van der Waals surface area contributed by atoms with Crippen LogP contribution in [-0.2, 0) is 6.42 Å². The van der Waals surface area contributed by atoms with E-state index in [2.05, 4.69) is 5.32 Å². The molecular formula is C25H23NO4. The van der Waals surface area contributed by atoms with Gasteiger partial charge in [-0.25, -0.2) is 0 Å². The first kappa shape index (κ1) is 18.9. The molecule has 0 aliphatic heterocycles. The van der Waals surface area contributed by atoms with Gasteiger partial charge >= 0.3 is 0 Å². The van der Waals surface area contributed by atoms with Crippen molar-refractivity contribution in [2.75, 3.05) is 6.54 Å². The summed E-state index contributed by atoms with van der Waals surface area (Å²) in [6.45, 7) is 2.39. The van der Waals surface area contributed by atoms with Crippen LogP contribution in [0.2, 0.25) is 0 Å². The number of hydrogen-bond donors (Lipinski definition) is 3. The van der Waals surface area contributed by atoms with Crippen LogP contribution >= 0.6 is 0 Å². The van der Waals surface area contributed by atoms with E-state index in [1.165, 1.54) is 0 Å². The summed E-state index contributed by atoms with van der Waals surface area (Å²) in [7, 11) is 0. The van der Waals surface area contributed by atoms with Crippen molar-refractivity contribution in [3.63, 3.8) is 0 Å². The highest BCUT2D eigenvalue weighted by molar-refractivity contribution is 6.18. The van der Waals surface area contributed by atoms with Gasteiger partial charge in [0.15, 0.2) is 0 Å². The quantitative estimate of drug-likeness (QED) is 0.452. The van der Waals surface area contributed by atoms with E-state index in [-0.39, 0.29) is 11.8 Å². The monoisotopic (exact) mass is 401 g/mol. The topological polar surface area (TPSA) is 82.7 Å². The molecule has 1 aromatic heterocycles. The number of carbonyl (C=O) groups excluding carboxylic acids is 1. The molecule has 1 amide bonds. The second-order valence-electron chi connectivity index (χ2n) is 7.83. The average molecular weight is 401 g/mol. The van der Waals surface area contributed by atoms with E-state index < -0.39 is 12.2 Å². The van der Waals surface area contributed by atoms with Crippen molar-refractivity contribution in [3.05, 3.63) is 83.3 Å². The number of carbonyl (C=O) groups is 1. The Morgan fingerprint density at radius 1 is 1.10 bits per heavy atom. The van der Waals surface area contributed by atoms with Crippen LogP contribution in [0, 0.1) is 0 Å². The van der Waals surface area contributed by atoms with Crippen LogP contribution in [-0.4, -0.2) is 28.8 Å². The molecule has 0 fully saturated rings. The predicted octanol–water partition coefficient (Wildman–Crippen LogP) is 4.07. The molecule has 0 spiro atoms. The lowest BCUT2D eigenvalue weighted by Gasteiger charge is -2.34. The van der Waals surface area contributed by atoms with Crippen molar-refractivity contribution in [1.82, 2.24) is 5.32 Å². The Morgan fingerprint density at radius 3 is 2.70 bits per heavy atom. The summed E-state index contributed by atoms with van der Waals surface area (Å²) < 4.78 is 5.51. The highest BCUT2D eigenvalue weighted by Gasteiger charge is 2.38. The van der Waals surface area contributed by atoms with Gasteiger partial charge in [0, 0.05) is 23.4 Å². The smallest absolute Gasteiger partial charge is 0.251 e. The minimum Gasteiger partial charge on any atom is -0.469 e. The van der Waals surface area contributed by atoms with Gasteiger partial charge in [-0.15, -0.1) is 0 Å². The number of aliphatic hydroxyl groups is 2. The minimum atomic E-state index is -1.12. The minimum absolute atomic E-state index is 0.184. The molecule has 5 rings (SSSR count). The average Bonchev–Trinajstić information content (AvgIpc) is 3.29. The van der Waals surface area contributed by atoms with E-state index in [4.69, 9.17) is 4.42 Å². The van der Waals surface area contributed by atoms with Crippen LogP contribution in [0.3, 0.4) is 0 Å². The first-order valence-electron chi connectivity index (χ1n) is 10.2. The third kappa shape index (κ3) is 2.82. The van der Waals surface area contributed by atoms with Gasteiger partial charge in [-0.2, -0.15) is 0 Å². The summed E-state index contributed by atoms with van der Waals surface area (Å²) in [5.74, 6) is 0.125. The van der Waals surface area contributed by atoms with Gasteiger partial charge in [-0.1, -0.05) is 36.4 Å². The zero-order valence-electron chi connectivity index (χ0n) is 16.6. The van der Waals surface area contributed by atoms with E-state index >= 15 is 0 Å². The molecule has 5 nitrogen and oxygen atoms in total. The molecule has 152 valence electrons. The summed E-state index contributed by atoms with van der Waals surface area (Å²) in [5, 5.41) is 28.6. The highest BCUT2D eigenvalue weighted by atomic mass is 16.3. The fourth-order valence-electron chi connectivity index (χ4n) is 4.74. The molecule has 0 bridgehead atoms. The van der Waals surface area contributed by atoms with Crippen LogP contribution in [0.4, 0.5) is 0 Å². The maximum absolute atomic E-state index is 13.0. The molecule has 3 N–H and O–H groups in total. The van der Waals surface area contributed by atoms with Crippen LogP contribution in [0.1, 0.15) is 46.2 Å². The van der Waals surface area contributed by atoms with E-state index in [1.54, 1.807) is 12.3 Å². The summed E-state index contributed by atoms with van der Waals surface area (Å²) in [5.41, 5.74) is 2.07. The molecule has 3 unspecified atom stereocenters. The van der Waals surface area contributed by atoms with Gasteiger partial charge in [0.05, 0.1) is 12.4 Å². The maximum Gasteiger partial charge on any atom is 0.251 e. The first-order valence-corrected chi connectivity index (χ1v) is 10.2. The van der Waals surface area contributed by atoms with Crippen molar-refractivity contribution in [1.29, 1.82) is 0 Å². The Kier molecular flexibility index (Phi) is 4.57. The number of amides is 1. The fraction of sp³-hybridized carbons (Fsp3) is 0.240. The van der Waals surface area contributed by atoms with Crippen molar-refractivity contribution in [2.24, 2.45) is 0 Å². The molecule has 5 heteroatoms. The second kappa shape index (κ2) is 7.27. The van der Waals surface area contributed by atoms with E-state index in [9.17, 15) is 15.0 Å². The SMILES string of the molecule is CCNC(=O)c1cc2ccccc2c2ccc3c(c12)C(O)C(O)C(c1ccco1)C3. The molecule has 1 aliphatic rings. The van der Waals surface area contributed by atoms with Crippen molar-refractivity contribution >= 4 is 27.5 Å². The van der Waals surface area contributed by atoms with E-state index in [1.807, 2.05) is 55.5 Å². The lowest BCUT2D eigenvalue weighted by Crippen LogP contribution is -2.33. The number of aliphatic hydroxyl groups excluding tert-OH is 2. The maximum atomic E-state index is 13.0. The van der Waals surface area contributed by atoms with Crippen LogP contribution in [0.5, 0.6) is 0 Å². The number of fused-ring (bicyclic) bond motifs is 5. The molecular weight excluding hydrogens is 378 g/mol. The number of nitrogens with one attached hydrogen (secondary N) is 1. The van der Waals surface area contributed by atoms with Gasteiger partial charge in [0.2, 0.25) is 0 Å². The number of furan rings is 1. The normalized spacial score (nSPS) is 21.0. The third-order valence-corrected chi connectivity index (χ3v) is 6.12. The zero-order chi connectivity index (χ0) is 20.8. The van der Waals surface area contributed by atoms with Gasteiger partial charge in [0.1, 0.15) is 11.9 Å². The Bertz CT molecular complexity index is 1250. The molecule has 0 saturated carbocycles. The molecule has 30 heavy (non-hydrogen) atoms. The van der Waals surface area contributed by atoms with Crippen molar-refractivity contribution in [2.45, 2.75) is 31.5 Å². The van der Waals surface area contributed by atoms with Crippen LogP contribution < -0.4 is 5.32 Å². The number of hydrogen-bond acceptors (Lipinski definition) is 4. The van der Waals surface area contributed by atoms with Gasteiger partial charge in [0.25, 0.3) is 5.91 Å². The standard InChI is InChI=1S/C25H23NO4/c1-2-26-25(29)19-12-14-6-3-4-7-16(14)17-10-9-15-13-18(20-8-5-11-30-20)23(27)24(28)21(15)22(17)19/h3-12,18,23-24,27-28H,2,13H2,1H3,(H,26,29). The summed E-state index contributed by atoms with van der Waals surface area (Å²) in [4.78, 5) is 13.0.